The number of amides is 1. The molecule has 0 atom stereocenters. The van der Waals surface area contributed by atoms with Crippen molar-refractivity contribution in [2.24, 2.45) is 0 Å². The summed E-state index contributed by atoms with van der Waals surface area (Å²) in [5.74, 6) is -0.139. The molecule has 0 bridgehead atoms. The fraction of sp³-hybridized carbons (Fsp3) is 0.333. The molecule has 1 aromatic carbocycles. The van der Waals surface area contributed by atoms with Crippen LogP contribution in [0.25, 0.3) is 21.3 Å². The second kappa shape index (κ2) is 9.97. The molecule has 7 nitrogen and oxygen atoms in total. The van der Waals surface area contributed by atoms with Gasteiger partial charge in [0.2, 0.25) is 5.91 Å². The van der Waals surface area contributed by atoms with Gasteiger partial charge in [-0.3, -0.25) is 9.59 Å². The highest BCUT2D eigenvalue weighted by Crippen LogP contribution is 2.40. The Morgan fingerprint density at radius 1 is 1.07 bits per heavy atom. The number of hydrogen-bond acceptors (Lipinski definition) is 6. The Hall–Kier alpha value is -3.00. The minimum Gasteiger partial charge on any atom is -0.481 e. The Morgan fingerprint density at radius 3 is 2.59 bits per heavy atom. The maximum atomic E-state index is 11.8. The van der Waals surface area contributed by atoms with Crippen LogP contribution in [0.3, 0.4) is 0 Å². The van der Waals surface area contributed by atoms with Gasteiger partial charge in [-0.15, -0.1) is 11.3 Å². The number of carbonyl (C=O) groups excluding carboxylic acids is 1. The molecule has 0 aliphatic carbocycles. The van der Waals surface area contributed by atoms with E-state index in [0.29, 0.717) is 32.4 Å². The van der Waals surface area contributed by atoms with Crippen molar-refractivity contribution in [3.63, 3.8) is 0 Å². The highest BCUT2D eigenvalue weighted by Gasteiger charge is 2.16. The number of carboxylic acids is 1. The van der Waals surface area contributed by atoms with Gasteiger partial charge in [0.05, 0.1) is 5.39 Å². The Morgan fingerprint density at radius 2 is 1.83 bits per heavy atom. The van der Waals surface area contributed by atoms with Crippen molar-refractivity contribution in [3.05, 3.63) is 41.5 Å². The topological polar surface area (TPSA) is 104 Å². The molecule has 2 heterocycles. The molecular formula is C21H24N4O3S. The number of aryl methyl sites for hydroxylation is 1. The van der Waals surface area contributed by atoms with Crippen molar-refractivity contribution in [3.8, 4) is 11.1 Å². The molecule has 3 aromatic rings. The third-order valence-corrected chi connectivity index (χ3v) is 5.50. The summed E-state index contributed by atoms with van der Waals surface area (Å²) < 4.78 is 0. The number of benzene rings is 1. The number of hydrogen-bond donors (Lipinski definition) is 3. The molecule has 0 saturated heterocycles. The van der Waals surface area contributed by atoms with Crippen molar-refractivity contribution in [2.45, 2.75) is 32.6 Å². The van der Waals surface area contributed by atoms with Crippen LogP contribution in [0.15, 0.2) is 36.7 Å². The number of aliphatic carboxylic acids is 1. The number of rotatable bonds is 10. The zero-order valence-corrected chi connectivity index (χ0v) is 17.1. The van der Waals surface area contributed by atoms with Crippen LogP contribution in [0, 0.1) is 6.92 Å². The zero-order valence-electron chi connectivity index (χ0n) is 16.3. The van der Waals surface area contributed by atoms with E-state index < -0.39 is 5.97 Å². The fourth-order valence-electron chi connectivity index (χ4n) is 3.14. The van der Waals surface area contributed by atoms with Crippen molar-refractivity contribution < 1.29 is 14.7 Å². The monoisotopic (exact) mass is 412 g/mol. The lowest BCUT2D eigenvalue weighted by atomic mass is 10.0. The van der Waals surface area contributed by atoms with E-state index in [1.807, 2.05) is 18.2 Å². The van der Waals surface area contributed by atoms with Gasteiger partial charge < -0.3 is 15.7 Å². The molecule has 2 aromatic heterocycles. The lowest BCUT2D eigenvalue weighted by Crippen LogP contribution is -2.25. The summed E-state index contributed by atoms with van der Waals surface area (Å²) in [4.78, 5) is 33.3. The van der Waals surface area contributed by atoms with Gasteiger partial charge in [-0.1, -0.05) is 30.3 Å². The number of fused-ring (bicyclic) bond motifs is 1. The van der Waals surface area contributed by atoms with Crippen LogP contribution < -0.4 is 10.6 Å². The number of nitrogens with zero attached hydrogens (tertiary/aromatic N) is 2. The first kappa shape index (κ1) is 20.7. The molecule has 0 saturated carbocycles. The van der Waals surface area contributed by atoms with E-state index in [4.69, 9.17) is 5.11 Å². The molecule has 29 heavy (non-hydrogen) atoms. The summed E-state index contributed by atoms with van der Waals surface area (Å²) in [6.07, 6.45) is 3.10. The molecule has 0 aliphatic rings. The molecule has 0 aliphatic heterocycles. The van der Waals surface area contributed by atoms with Gasteiger partial charge in [0.25, 0.3) is 0 Å². The second-order valence-corrected chi connectivity index (χ2v) is 7.88. The van der Waals surface area contributed by atoms with Crippen LogP contribution in [0.1, 0.15) is 30.6 Å². The summed E-state index contributed by atoms with van der Waals surface area (Å²) >= 11 is 1.65. The predicted octanol–water partition coefficient (Wildman–Crippen LogP) is 3.84. The lowest BCUT2D eigenvalue weighted by Gasteiger charge is -2.09. The summed E-state index contributed by atoms with van der Waals surface area (Å²) in [7, 11) is 0. The minimum absolute atomic E-state index is 0.0648. The molecule has 0 spiro atoms. The van der Waals surface area contributed by atoms with E-state index in [2.05, 4.69) is 39.7 Å². The zero-order chi connectivity index (χ0) is 20.6. The van der Waals surface area contributed by atoms with Crippen LogP contribution in [0.4, 0.5) is 5.82 Å². The van der Waals surface area contributed by atoms with Crippen LogP contribution in [0.2, 0.25) is 0 Å². The average molecular weight is 413 g/mol. The normalized spacial score (nSPS) is 10.8. The van der Waals surface area contributed by atoms with Gasteiger partial charge in [0.15, 0.2) is 0 Å². The van der Waals surface area contributed by atoms with Crippen molar-refractivity contribution in [1.82, 2.24) is 15.3 Å². The van der Waals surface area contributed by atoms with Crippen LogP contribution in [0.5, 0.6) is 0 Å². The largest absolute Gasteiger partial charge is 0.481 e. The third-order valence-electron chi connectivity index (χ3n) is 4.49. The SMILES string of the molecule is Cc1sc2ncnc(NCCCC(=O)NCCCC(=O)O)c2c1-c1ccccc1. The van der Waals surface area contributed by atoms with Crippen molar-refractivity contribution >= 4 is 39.2 Å². The summed E-state index contributed by atoms with van der Waals surface area (Å²) in [6.45, 7) is 3.09. The highest BCUT2D eigenvalue weighted by atomic mass is 32.1. The maximum Gasteiger partial charge on any atom is 0.303 e. The van der Waals surface area contributed by atoms with E-state index >= 15 is 0 Å². The van der Waals surface area contributed by atoms with E-state index in [0.717, 1.165) is 27.2 Å². The molecule has 8 heteroatoms. The summed E-state index contributed by atoms with van der Waals surface area (Å²) in [5.41, 5.74) is 2.28. The Balaban J connectivity index is 1.60. The lowest BCUT2D eigenvalue weighted by molar-refractivity contribution is -0.137. The number of carboxylic acid groups (broad SMARTS) is 1. The fourth-order valence-corrected chi connectivity index (χ4v) is 4.15. The molecule has 152 valence electrons. The number of anilines is 1. The van der Waals surface area contributed by atoms with Gasteiger partial charge in [0, 0.05) is 36.4 Å². The van der Waals surface area contributed by atoms with Gasteiger partial charge in [-0.05, 0) is 25.3 Å². The Bertz CT molecular complexity index is 988. The molecule has 0 fully saturated rings. The maximum absolute atomic E-state index is 11.8. The number of aromatic nitrogens is 2. The van der Waals surface area contributed by atoms with Crippen LogP contribution >= 0.6 is 11.3 Å². The van der Waals surface area contributed by atoms with Crippen molar-refractivity contribution in [1.29, 1.82) is 0 Å². The van der Waals surface area contributed by atoms with E-state index in [-0.39, 0.29) is 12.3 Å². The predicted molar refractivity (Wildman–Crippen MR) is 115 cm³/mol. The van der Waals surface area contributed by atoms with Crippen LogP contribution in [-0.4, -0.2) is 40.0 Å². The third kappa shape index (κ3) is 5.51. The summed E-state index contributed by atoms with van der Waals surface area (Å²) in [5, 5.41) is 15.7. The molecule has 0 radical (unpaired) electrons. The van der Waals surface area contributed by atoms with E-state index in [1.165, 1.54) is 4.88 Å². The van der Waals surface area contributed by atoms with E-state index in [1.54, 1.807) is 17.7 Å². The first-order valence-corrected chi connectivity index (χ1v) is 10.4. The van der Waals surface area contributed by atoms with Gasteiger partial charge in [0.1, 0.15) is 17.0 Å². The Labute approximate surface area is 173 Å². The Kier molecular flexibility index (Phi) is 7.13. The number of carbonyl (C=O) groups is 2. The van der Waals surface area contributed by atoms with Crippen molar-refractivity contribution in [2.75, 3.05) is 18.4 Å². The first-order valence-electron chi connectivity index (χ1n) is 9.58. The molecule has 3 rings (SSSR count). The van der Waals surface area contributed by atoms with E-state index in [9.17, 15) is 9.59 Å². The highest BCUT2D eigenvalue weighted by molar-refractivity contribution is 7.19. The van der Waals surface area contributed by atoms with Gasteiger partial charge in [-0.25, -0.2) is 9.97 Å². The standard InChI is InChI=1S/C21H24N4O3S/c1-14-18(15-7-3-2-4-8-15)19-20(24-13-25-21(19)29-14)23-12-5-9-16(26)22-11-6-10-17(27)28/h2-4,7-8,13H,5-6,9-12H2,1H3,(H,22,26)(H,27,28)(H,23,24,25). The van der Waals surface area contributed by atoms with Gasteiger partial charge >= 0.3 is 5.97 Å². The first-order chi connectivity index (χ1) is 14.1. The minimum atomic E-state index is -0.849. The molecular weight excluding hydrogens is 388 g/mol. The quantitative estimate of drug-likeness (QED) is 0.437. The second-order valence-electron chi connectivity index (χ2n) is 6.68. The molecule has 1 amide bonds. The molecule has 0 unspecified atom stereocenters. The number of thiophene rings is 1. The van der Waals surface area contributed by atoms with Crippen LogP contribution in [-0.2, 0) is 9.59 Å². The molecule has 3 N–H and O–H groups in total. The summed E-state index contributed by atoms with van der Waals surface area (Å²) in [6, 6.07) is 10.2. The smallest absolute Gasteiger partial charge is 0.303 e. The average Bonchev–Trinajstić information content (AvgIpc) is 3.05. The number of nitrogens with one attached hydrogen (secondary N) is 2. The van der Waals surface area contributed by atoms with Gasteiger partial charge in [-0.2, -0.15) is 0 Å².